The molecule has 19 heavy (non-hydrogen) atoms. The first-order chi connectivity index (χ1) is 8.81. The van der Waals surface area contributed by atoms with Crippen LogP contribution in [0.5, 0.6) is 5.75 Å². The minimum atomic E-state index is -0.831. The van der Waals surface area contributed by atoms with Crippen molar-refractivity contribution in [3.63, 3.8) is 0 Å². The smallest absolute Gasteiger partial charge is 0.306 e. The van der Waals surface area contributed by atoms with Crippen LogP contribution in [0.15, 0.2) is 24.3 Å². The van der Waals surface area contributed by atoms with Crippen molar-refractivity contribution in [2.24, 2.45) is 5.92 Å². The van der Waals surface area contributed by atoms with Gasteiger partial charge in [-0.25, -0.2) is 0 Å². The predicted molar refractivity (Wildman–Crippen MR) is 73.4 cm³/mol. The fourth-order valence-electron chi connectivity index (χ4n) is 1.92. The molecule has 4 nitrogen and oxygen atoms in total. The van der Waals surface area contributed by atoms with Crippen LogP contribution in [0.2, 0.25) is 0 Å². The lowest BCUT2D eigenvalue weighted by Crippen LogP contribution is -2.24. The Morgan fingerprint density at radius 1 is 1.42 bits per heavy atom. The van der Waals surface area contributed by atoms with Gasteiger partial charge < -0.3 is 14.9 Å². The first-order valence-corrected chi connectivity index (χ1v) is 6.40. The Bertz CT molecular complexity index is 420. The van der Waals surface area contributed by atoms with Gasteiger partial charge in [0.05, 0.1) is 18.6 Å². The number of methoxy groups -OCH3 is 1. The first-order valence-electron chi connectivity index (χ1n) is 6.40. The molecule has 1 rings (SSSR count). The highest BCUT2D eigenvalue weighted by Gasteiger charge is 2.22. The average Bonchev–Trinajstić information content (AvgIpc) is 2.33. The highest BCUT2D eigenvalue weighted by molar-refractivity contribution is 5.70. The van der Waals surface area contributed by atoms with Gasteiger partial charge in [-0.05, 0) is 50.8 Å². The number of hydrogen-bond donors (Lipinski definition) is 2. The Kier molecular flexibility index (Phi) is 5.36. The molecule has 0 bridgehead atoms. The molecule has 1 aromatic rings. The number of carboxylic acids is 1. The summed E-state index contributed by atoms with van der Waals surface area (Å²) >= 11 is 0. The van der Waals surface area contributed by atoms with E-state index in [2.05, 4.69) is 0 Å². The van der Waals surface area contributed by atoms with Crippen molar-refractivity contribution in [2.45, 2.75) is 38.7 Å². The molecular weight excluding hydrogens is 244 g/mol. The minimum Gasteiger partial charge on any atom is -0.497 e. The van der Waals surface area contributed by atoms with Crippen LogP contribution in [0.3, 0.4) is 0 Å². The molecule has 1 aromatic carbocycles. The normalized spacial score (nSPS) is 13.1. The van der Waals surface area contributed by atoms with E-state index in [-0.39, 0.29) is 0 Å². The fraction of sp³-hybridized carbons (Fsp3) is 0.533. The van der Waals surface area contributed by atoms with Crippen molar-refractivity contribution in [3.8, 4) is 5.75 Å². The lowest BCUT2D eigenvalue weighted by atomic mass is 9.90. The maximum atomic E-state index is 11.3. The molecule has 0 amide bonds. The largest absolute Gasteiger partial charge is 0.497 e. The second-order valence-corrected chi connectivity index (χ2v) is 5.44. The lowest BCUT2D eigenvalue weighted by Gasteiger charge is -2.20. The average molecular weight is 266 g/mol. The van der Waals surface area contributed by atoms with E-state index in [1.165, 1.54) is 0 Å². The molecule has 0 aliphatic carbocycles. The zero-order valence-electron chi connectivity index (χ0n) is 11.7. The number of ether oxygens (including phenoxy) is 1. The second kappa shape index (κ2) is 6.57. The van der Waals surface area contributed by atoms with Crippen LogP contribution in [0.4, 0.5) is 0 Å². The highest BCUT2D eigenvalue weighted by atomic mass is 16.5. The summed E-state index contributed by atoms with van der Waals surface area (Å²) in [6.07, 6.45) is 1.37. The third kappa shape index (κ3) is 5.75. The molecule has 0 heterocycles. The molecule has 0 saturated heterocycles. The van der Waals surface area contributed by atoms with Crippen LogP contribution in [0.25, 0.3) is 0 Å². The summed E-state index contributed by atoms with van der Waals surface area (Å²) in [5, 5.41) is 18.9. The fourth-order valence-corrected chi connectivity index (χ4v) is 1.92. The van der Waals surface area contributed by atoms with E-state index in [0.717, 1.165) is 11.3 Å². The third-order valence-electron chi connectivity index (χ3n) is 3.07. The van der Waals surface area contributed by atoms with Gasteiger partial charge >= 0.3 is 5.97 Å². The van der Waals surface area contributed by atoms with Gasteiger partial charge in [-0.15, -0.1) is 0 Å². The number of aliphatic hydroxyl groups is 1. The molecule has 0 spiro atoms. The molecule has 0 aliphatic heterocycles. The van der Waals surface area contributed by atoms with E-state index in [1.54, 1.807) is 21.0 Å². The maximum absolute atomic E-state index is 11.3. The van der Waals surface area contributed by atoms with Gasteiger partial charge in [-0.3, -0.25) is 4.79 Å². The maximum Gasteiger partial charge on any atom is 0.306 e. The van der Waals surface area contributed by atoms with Gasteiger partial charge in [0.25, 0.3) is 0 Å². The summed E-state index contributed by atoms with van der Waals surface area (Å²) in [6, 6.07) is 7.42. The molecule has 4 heteroatoms. The van der Waals surface area contributed by atoms with Crippen LogP contribution in [0.1, 0.15) is 32.3 Å². The number of carbonyl (C=O) groups is 1. The van der Waals surface area contributed by atoms with Gasteiger partial charge in [0.15, 0.2) is 0 Å². The van der Waals surface area contributed by atoms with Gasteiger partial charge in [-0.1, -0.05) is 12.1 Å². The second-order valence-electron chi connectivity index (χ2n) is 5.44. The summed E-state index contributed by atoms with van der Waals surface area (Å²) < 4.78 is 5.12. The van der Waals surface area contributed by atoms with E-state index in [0.29, 0.717) is 19.3 Å². The number of aliphatic carboxylic acids is 1. The molecule has 2 N–H and O–H groups in total. The topological polar surface area (TPSA) is 66.8 Å². The van der Waals surface area contributed by atoms with Crippen molar-refractivity contribution in [1.29, 1.82) is 0 Å². The number of hydrogen-bond acceptors (Lipinski definition) is 3. The minimum absolute atomic E-state index is 0.447. The summed E-state index contributed by atoms with van der Waals surface area (Å²) in [5.41, 5.74) is 0.102. The van der Waals surface area contributed by atoms with Crippen LogP contribution in [-0.2, 0) is 11.2 Å². The summed E-state index contributed by atoms with van der Waals surface area (Å²) in [5.74, 6) is -0.588. The molecule has 1 atom stereocenters. The van der Waals surface area contributed by atoms with Gasteiger partial charge in [0.1, 0.15) is 5.75 Å². The molecule has 0 aromatic heterocycles. The quantitative estimate of drug-likeness (QED) is 0.795. The Hall–Kier alpha value is -1.55. The van der Waals surface area contributed by atoms with E-state index in [1.807, 2.05) is 24.3 Å². The van der Waals surface area contributed by atoms with Crippen molar-refractivity contribution in [1.82, 2.24) is 0 Å². The van der Waals surface area contributed by atoms with E-state index < -0.39 is 17.5 Å². The standard InChI is InChI=1S/C15H22O4/c1-15(2,18)8-7-12(14(16)17)9-11-5-4-6-13(10-11)19-3/h4-6,10,12,18H,7-9H2,1-3H3,(H,16,17). The molecule has 1 unspecified atom stereocenters. The summed E-state index contributed by atoms with van der Waals surface area (Å²) in [4.78, 5) is 11.3. The predicted octanol–water partition coefficient (Wildman–Crippen LogP) is 2.49. The Balaban J connectivity index is 2.70. The van der Waals surface area contributed by atoms with Crippen molar-refractivity contribution >= 4 is 5.97 Å². The van der Waals surface area contributed by atoms with Crippen LogP contribution < -0.4 is 4.74 Å². The Labute approximate surface area is 114 Å². The lowest BCUT2D eigenvalue weighted by molar-refractivity contribution is -0.142. The molecular formula is C15H22O4. The molecule has 0 aliphatic rings. The molecule has 0 fully saturated rings. The van der Waals surface area contributed by atoms with E-state index >= 15 is 0 Å². The van der Waals surface area contributed by atoms with Crippen LogP contribution in [-0.4, -0.2) is 28.9 Å². The third-order valence-corrected chi connectivity index (χ3v) is 3.07. The van der Waals surface area contributed by atoms with Gasteiger partial charge in [-0.2, -0.15) is 0 Å². The zero-order chi connectivity index (χ0) is 14.5. The van der Waals surface area contributed by atoms with Crippen molar-refractivity contribution in [2.75, 3.05) is 7.11 Å². The monoisotopic (exact) mass is 266 g/mol. The highest BCUT2D eigenvalue weighted by Crippen LogP contribution is 2.22. The summed E-state index contributed by atoms with van der Waals surface area (Å²) in [7, 11) is 1.59. The Morgan fingerprint density at radius 2 is 2.11 bits per heavy atom. The van der Waals surface area contributed by atoms with Gasteiger partial charge in [0, 0.05) is 0 Å². The number of rotatable bonds is 7. The van der Waals surface area contributed by atoms with Crippen molar-refractivity contribution < 1.29 is 19.7 Å². The van der Waals surface area contributed by atoms with E-state index in [4.69, 9.17) is 4.74 Å². The van der Waals surface area contributed by atoms with Crippen LogP contribution >= 0.6 is 0 Å². The van der Waals surface area contributed by atoms with Crippen LogP contribution in [0, 0.1) is 5.92 Å². The van der Waals surface area contributed by atoms with E-state index in [9.17, 15) is 15.0 Å². The molecule has 0 saturated carbocycles. The number of carboxylic acid groups (broad SMARTS) is 1. The Morgan fingerprint density at radius 3 is 2.63 bits per heavy atom. The molecule has 106 valence electrons. The number of benzene rings is 1. The SMILES string of the molecule is COc1cccc(CC(CCC(C)(C)O)C(=O)O)c1. The first kappa shape index (κ1) is 15.5. The zero-order valence-corrected chi connectivity index (χ0v) is 11.7. The summed E-state index contributed by atoms with van der Waals surface area (Å²) in [6.45, 7) is 3.38. The van der Waals surface area contributed by atoms with Gasteiger partial charge in [0.2, 0.25) is 0 Å². The molecule has 0 radical (unpaired) electrons. The van der Waals surface area contributed by atoms with Crippen molar-refractivity contribution in [3.05, 3.63) is 29.8 Å².